The quantitative estimate of drug-likeness (QED) is 0.656. The lowest BCUT2D eigenvalue weighted by atomic mass is 9.94. The van der Waals surface area contributed by atoms with Crippen LogP contribution in [0.15, 0.2) is 48.5 Å². The number of carboxylic acid groups (broad SMARTS) is 1. The van der Waals surface area contributed by atoms with Crippen molar-refractivity contribution in [3.63, 3.8) is 0 Å². The highest BCUT2D eigenvalue weighted by Gasteiger charge is 2.24. The fourth-order valence-corrected chi connectivity index (χ4v) is 3.14. The van der Waals surface area contributed by atoms with E-state index in [9.17, 15) is 14.7 Å². The Morgan fingerprint density at radius 1 is 1.04 bits per heavy atom. The van der Waals surface area contributed by atoms with Gasteiger partial charge in [-0.05, 0) is 42.2 Å². The second kappa shape index (κ2) is 10.3. The summed E-state index contributed by atoms with van der Waals surface area (Å²) in [6.07, 6.45) is 0.890. The highest BCUT2D eigenvalue weighted by molar-refractivity contribution is 5.84. The van der Waals surface area contributed by atoms with Crippen LogP contribution < -0.4 is 14.8 Å². The molecule has 0 aliphatic heterocycles. The van der Waals surface area contributed by atoms with Crippen LogP contribution in [0, 0.1) is 5.92 Å². The summed E-state index contributed by atoms with van der Waals surface area (Å²) in [6.45, 7) is 1.98. The van der Waals surface area contributed by atoms with E-state index >= 15 is 0 Å². The Hall–Kier alpha value is -3.02. The lowest BCUT2D eigenvalue weighted by molar-refractivity contribution is -0.141. The molecule has 2 aromatic carbocycles. The summed E-state index contributed by atoms with van der Waals surface area (Å²) in [5.74, 6) is -0.852. The SMILES string of the molecule is CCC(C(=O)NCC(Cc1ccccc1OC)C(=O)O)c1ccc(OC)cc1. The summed E-state index contributed by atoms with van der Waals surface area (Å²) in [4.78, 5) is 24.4. The number of benzene rings is 2. The third-order valence-electron chi connectivity index (χ3n) is 4.77. The highest BCUT2D eigenvalue weighted by Crippen LogP contribution is 2.24. The molecule has 0 saturated carbocycles. The van der Waals surface area contributed by atoms with Crippen molar-refractivity contribution in [2.75, 3.05) is 20.8 Å². The maximum Gasteiger partial charge on any atom is 0.308 e. The van der Waals surface area contributed by atoms with Gasteiger partial charge in [0.1, 0.15) is 11.5 Å². The highest BCUT2D eigenvalue weighted by atomic mass is 16.5. The average molecular weight is 385 g/mol. The van der Waals surface area contributed by atoms with E-state index in [1.165, 1.54) is 0 Å². The molecule has 6 heteroatoms. The summed E-state index contributed by atoms with van der Waals surface area (Å²) in [6, 6.07) is 14.6. The van der Waals surface area contributed by atoms with Gasteiger partial charge in [-0.1, -0.05) is 37.3 Å². The van der Waals surface area contributed by atoms with Crippen LogP contribution in [0.25, 0.3) is 0 Å². The van der Waals surface area contributed by atoms with Gasteiger partial charge in [-0.15, -0.1) is 0 Å². The molecule has 0 spiro atoms. The lowest BCUT2D eigenvalue weighted by Crippen LogP contribution is -2.36. The molecule has 0 fully saturated rings. The first kappa shape index (κ1) is 21.3. The topological polar surface area (TPSA) is 84.9 Å². The maximum absolute atomic E-state index is 12.7. The van der Waals surface area contributed by atoms with Gasteiger partial charge in [-0.2, -0.15) is 0 Å². The Kier molecular flexibility index (Phi) is 7.87. The molecule has 2 rings (SSSR count). The van der Waals surface area contributed by atoms with Gasteiger partial charge >= 0.3 is 5.97 Å². The monoisotopic (exact) mass is 385 g/mol. The number of aliphatic carboxylic acids is 1. The van der Waals surface area contributed by atoms with Crippen LogP contribution in [0.4, 0.5) is 0 Å². The number of para-hydroxylation sites is 1. The van der Waals surface area contributed by atoms with Crippen molar-refractivity contribution in [1.82, 2.24) is 5.32 Å². The molecule has 0 aliphatic carbocycles. The van der Waals surface area contributed by atoms with Crippen LogP contribution in [0.1, 0.15) is 30.4 Å². The van der Waals surface area contributed by atoms with Gasteiger partial charge < -0.3 is 19.9 Å². The van der Waals surface area contributed by atoms with Crippen molar-refractivity contribution in [3.8, 4) is 11.5 Å². The van der Waals surface area contributed by atoms with Gasteiger partial charge in [0.2, 0.25) is 5.91 Å². The fourth-order valence-electron chi connectivity index (χ4n) is 3.14. The summed E-state index contributed by atoms with van der Waals surface area (Å²) < 4.78 is 10.4. The maximum atomic E-state index is 12.7. The molecule has 2 atom stereocenters. The van der Waals surface area contributed by atoms with Crippen LogP contribution in [-0.2, 0) is 16.0 Å². The number of carbonyl (C=O) groups is 2. The van der Waals surface area contributed by atoms with E-state index in [-0.39, 0.29) is 24.8 Å². The summed E-state index contributed by atoms with van der Waals surface area (Å²) >= 11 is 0. The van der Waals surface area contributed by atoms with Crippen LogP contribution in [-0.4, -0.2) is 37.7 Å². The van der Waals surface area contributed by atoms with E-state index in [4.69, 9.17) is 9.47 Å². The second-order valence-electron chi connectivity index (χ2n) is 6.53. The molecular formula is C22H27NO5. The normalized spacial score (nSPS) is 12.7. The molecule has 150 valence electrons. The van der Waals surface area contributed by atoms with Gasteiger partial charge in [-0.3, -0.25) is 9.59 Å². The Morgan fingerprint density at radius 2 is 1.71 bits per heavy atom. The number of carboxylic acids is 1. The van der Waals surface area contributed by atoms with E-state index < -0.39 is 11.9 Å². The first-order chi connectivity index (χ1) is 13.5. The van der Waals surface area contributed by atoms with Gasteiger partial charge in [0.05, 0.1) is 26.1 Å². The predicted molar refractivity (Wildman–Crippen MR) is 107 cm³/mol. The minimum atomic E-state index is -0.955. The zero-order valence-electron chi connectivity index (χ0n) is 16.5. The van der Waals surface area contributed by atoms with Crippen molar-refractivity contribution in [2.45, 2.75) is 25.7 Å². The number of amides is 1. The molecule has 2 N–H and O–H groups in total. The molecule has 0 radical (unpaired) electrons. The standard InChI is InChI=1S/C22H27NO5/c1-4-19(15-9-11-18(27-2)12-10-15)21(24)23-14-17(22(25)26)13-16-7-5-6-8-20(16)28-3/h5-12,17,19H,4,13-14H2,1-3H3,(H,23,24)(H,25,26). The Bertz CT molecular complexity index is 788. The molecule has 1 amide bonds. The molecule has 6 nitrogen and oxygen atoms in total. The van der Waals surface area contributed by atoms with E-state index in [1.54, 1.807) is 20.3 Å². The molecule has 0 saturated heterocycles. The first-order valence-corrected chi connectivity index (χ1v) is 9.26. The smallest absolute Gasteiger partial charge is 0.308 e. The van der Waals surface area contributed by atoms with Gasteiger partial charge in [0, 0.05) is 6.54 Å². The Labute approximate surface area is 165 Å². The average Bonchev–Trinajstić information content (AvgIpc) is 2.72. The molecule has 0 bridgehead atoms. The van der Waals surface area contributed by atoms with Gasteiger partial charge in [0.15, 0.2) is 0 Å². The van der Waals surface area contributed by atoms with Gasteiger partial charge in [-0.25, -0.2) is 0 Å². The Morgan fingerprint density at radius 3 is 2.29 bits per heavy atom. The molecule has 0 aromatic heterocycles. The van der Waals surface area contributed by atoms with Crippen LogP contribution in [0.5, 0.6) is 11.5 Å². The largest absolute Gasteiger partial charge is 0.497 e. The summed E-state index contributed by atoms with van der Waals surface area (Å²) in [5, 5.41) is 12.4. The minimum absolute atomic E-state index is 0.0544. The van der Waals surface area contributed by atoms with Crippen LogP contribution in [0.3, 0.4) is 0 Å². The minimum Gasteiger partial charge on any atom is -0.497 e. The van der Waals surface area contributed by atoms with E-state index in [2.05, 4.69) is 5.32 Å². The Balaban J connectivity index is 2.04. The molecule has 28 heavy (non-hydrogen) atoms. The number of methoxy groups -OCH3 is 2. The van der Waals surface area contributed by atoms with Crippen molar-refractivity contribution in [3.05, 3.63) is 59.7 Å². The molecule has 0 heterocycles. The van der Waals surface area contributed by atoms with E-state index in [1.807, 2.05) is 49.4 Å². The van der Waals surface area contributed by atoms with Crippen molar-refractivity contribution in [1.29, 1.82) is 0 Å². The number of carbonyl (C=O) groups excluding carboxylic acids is 1. The summed E-state index contributed by atoms with van der Waals surface area (Å²) in [5.41, 5.74) is 1.67. The first-order valence-electron chi connectivity index (χ1n) is 9.26. The zero-order chi connectivity index (χ0) is 20.5. The van der Waals surface area contributed by atoms with Crippen molar-refractivity contribution < 1.29 is 24.2 Å². The van der Waals surface area contributed by atoms with Crippen LogP contribution in [0.2, 0.25) is 0 Å². The van der Waals surface area contributed by atoms with Crippen molar-refractivity contribution in [2.24, 2.45) is 5.92 Å². The van der Waals surface area contributed by atoms with Crippen molar-refractivity contribution >= 4 is 11.9 Å². The molecular weight excluding hydrogens is 358 g/mol. The second-order valence-corrected chi connectivity index (χ2v) is 6.53. The number of hydrogen-bond donors (Lipinski definition) is 2. The molecule has 0 aliphatic rings. The number of ether oxygens (including phenoxy) is 2. The third kappa shape index (κ3) is 5.49. The zero-order valence-corrected chi connectivity index (χ0v) is 16.5. The number of nitrogens with one attached hydrogen (secondary N) is 1. The van der Waals surface area contributed by atoms with E-state index in [0.29, 0.717) is 12.2 Å². The van der Waals surface area contributed by atoms with Crippen LogP contribution >= 0.6 is 0 Å². The van der Waals surface area contributed by atoms with Gasteiger partial charge in [0.25, 0.3) is 0 Å². The summed E-state index contributed by atoms with van der Waals surface area (Å²) in [7, 11) is 3.14. The molecule has 2 aromatic rings. The lowest BCUT2D eigenvalue weighted by Gasteiger charge is -2.19. The number of rotatable bonds is 10. The fraction of sp³-hybridized carbons (Fsp3) is 0.364. The molecule has 2 unspecified atom stereocenters. The number of hydrogen-bond acceptors (Lipinski definition) is 4. The predicted octanol–water partition coefficient (Wildman–Crippen LogP) is 3.26. The third-order valence-corrected chi connectivity index (χ3v) is 4.77. The van der Waals surface area contributed by atoms with E-state index in [0.717, 1.165) is 16.9 Å².